The lowest BCUT2D eigenvalue weighted by Crippen LogP contribution is -2.34. The number of nitro benzene ring substituents is 1. The lowest BCUT2D eigenvalue weighted by Gasteiger charge is -2.19. The molecule has 0 saturated carbocycles. The van der Waals surface area contributed by atoms with Crippen LogP contribution >= 0.6 is 0 Å². The minimum Gasteiger partial charge on any atom is -0.461 e. The van der Waals surface area contributed by atoms with Gasteiger partial charge in [0.05, 0.1) is 4.92 Å². The molecule has 0 radical (unpaired) electrons. The van der Waals surface area contributed by atoms with Crippen molar-refractivity contribution in [2.45, 2.75) is 38.6 Å². The maximum absolute atomic E-state index is 11.7. The molecule has 19 heavy (non-hydrogen) atoms. The molecule has 2 atom stereocenters. The van der Waals surface area contributed by atoms with Crippen molar-refractivity contribution >= 4 is 11.7 Å². The van der Waals surface area contributed by atoms with Gasteiger partial charge in [0, 0.05) is 31.6 Å². The second-order valence-electron chi connectivity index (χ2n) is 5.11. The third-order valence-electron chi connectivity index (χ3n) is 3.73. The van der Waals surface area contributed by atoms with Gasteiger partial charge in [0.1, 0.15) is 12.1 Å². The molecule has 0 N–H and O–H groups in total. The molecule has 6 heteroatoms. The fraction of sp³-hybridized carbons (Fsp3) is 0.462. The topological polar surface area (TPSA) is 72.7 Å². The molecule has 1 fully saturated rings. The van der Waals surface area contributed by atoms with Gasteiger partial charge in [-0.2, -0.15) is 0 Å². The monoisotopic (exact) mass is 262 g/mol. The Morgan fingerprint density at radius 2 is 2.11 bits per heavy atom. The summed E-state index contributed by atoms with van der Waals surface area (Å²) in [5.74, 6) is -0.185. The summed E-state index contributed by atoms with van der Waals surface area (Å²) in [6.45, 7) is 3.11. The van der Waals surface area contributed by atoms with Gasteiger partial charge in [-0.25, -0.2) is 0 Å². The molecule has 2 heterocycles. The van der Waals surface area contributed by atoms with E-state index in [0.29, 0.717) is 19.5 Å². The number of cyclic esters (lactones) is 1. The van der Waals surface area contributed by atoms with Crippen LogP contribution in [0.5, 0.6) is 0 Å². The molecule has 0 aliphatic carbocycles. The standard InChI is InChI=1S/C13H14N2O4/c1-8-4-12(13(16)19-8)14-6-9-2-3-11(15(17)18)5-10(9)7-14/h2-3,5,8,12H,4,6-7H2,1H3/t8-,12-/m0/s1. The van der Waals surface area contributed by atoms with Crippen molar-refractivity contribution in [2.24, 2.45) is 0 Å². The molecular weight excluding hydrogens is 248 g/mol. The number of hydrogen-bond donors (Lipinski definition) is 0. The molecule has 1 aromatic rings. The van der Waals surface area contributed by atoms with Gasteiger partial charge in [-0.1, -0.05) is 6.07 Å². The minimum absolute atomic E-state index is 0.0458. The smallest absolute Gasteiger partial charge is 0.323 e. The Hall–Kier alpha value is -1.95. The average Bonchev–Trinajstić information content (AvgIpc) is 2.90. The molecule has 0 amide bonds. The molecule has 3 rings (SSSR count). The second-order valence-corrected chi connectivity index (χ2v) is 5.11. The van der Waals surface area contributed by atoms with Crippen LogP contribution in [0.1, 0.15) is 24.5 Å². The molecule has 100 valence electrons. The summed E-state index contributed by atoms with van der Waals surface area (Å²) in [5, 5.41) is 10.8. The first-order valence-electron chi connectivity index (χ1n) is 6.25. The number of carbonyl (C=O) groups excluding carboxylic acids is 1. The van der Waals surface area contributed by atoms with E-state index in [1.807, 2.05) is 11.8 Å². The molecular formula is C13H14N2O4. The highest BCUT2D eigenvalue weighted by atomic mass is 16.6. The van der Waals surface area contributed by atoms with Crippen molar-refractivity contribution in [3.63, 3.8) is 0 Å². The summed E-state index contributed by atoms with van der Waals surface area (Å²) in [5.41, 5.74) is 2.09. The SMILES string of the molecule is C[C@H]1C[C@H](N2Cc3ccc([N+](=O)[O-])cc3C2)C(=O)O1. The molecule has 2 aliphatic rings. The van der Waals surface area contributed by atoms with Gasteiger partial charge < -0.3 is 4.74 Å². The van der Waals surface area contributed by atoms with E-state index in [-0.39, 0.29) is 23.8 Å². The molecule has 1 aromatic carbocycles. The molecule has 1 saturated heterocycles. The van der Waals surface area contributed by atoms with Gasteiger partial charge in [-0.3, -0.25) is 19.8 Å². The van der Waals surface area contributed by atoms with E-state index in [9.17, 15) is 14.9 Å². The average molecular weight is 262 g/mol. The summed E-state index contributed by atoms with van der Waals surface area (Å²) in [6, 6.07) is 4.66. The van der Waals surface area contributed by atoms with E-state index in [0.717, 1.165) is 11.1 Å². The summed E-state index contributed by atoms with van der Waals surface area (Å²) in [4.78, 5) is 24.1. The van der Waals surface area contributed by atoms with Crippen LogP contribution in [0.2, 0.25) is 0 Å². The lowest BCUT2D eigenvalue weighted by molar-refractivity contribution is -0.384. The largest absolute Gasteiger partial charge is 0.461 e. The Morgan fingerprint density at radius 1 is 1.37 bits per heavy atom. The van der Waals surface area contributed by atoms with Gasteiger partial charge in [-0.15, -0.1) is 0 Å². The van der Waals surface area contributed by atoms with Gasteiger partial charge in [0.25, 0.3) is 5.69 Å². The fourth-order valence-electron chi connectivity index (χ4n) is 2.77. The Labute approximate surface area is 110 Å². The summed E-state index contributed by atoms with van der Waals surface area (Å²) < 4.78 is 5.16. The Morgan fingerprint density at radius 3 is 2.74 bits per heavy atom. The minimum atomic E-state index is -0.394. The number of ether oxygens (including phenoxy) is 1. The van der Waals surface area contributed by atoms with Crippen molar-refractivity contribution in [2.75, 3.05) is 0 Å². The second kappa shape index (κ2) is 4.31. The van der Waals surface area contributed by atoms with Crippen LogP contribution in [-0.4, -0.2) is 27.9 Å². The van der Waals surface area contributed by atoms with Gasteiger partial charge in [0.15, 0.2) is 0 Å². The number of rotatable bonds is 2. The van der Waals surface area contributed by atoms with Gasteiger partial charge in [-0.05, 0) is 18.1 Å². The summed E-state index contributed by atoms with van der Waals surface area (Å²) in [7, 11) is 0. The first-order chi connectivity index (χ1) is 9.04. The van der Waals surface area contributed by atoms with Crippen molar-refractivity contribution < 1.29 is 14.5 Å². The molecule has 0 spiro atoms. The van der Waals surface area contributed by atoms with E-state index in [1.165, 1.54) is 6.07 Å². The first kappa shape index (κ1) is 12.1. The molecule has 2 aliphatic heterocycles. The number of benzene rings is 1. The summed E-state index contributed by atoms with van der Waals surface area (Å²) >= 11 is 0. The summed E-state index contributed by atoms with van der Waals surface area (Å²) in [6.07, 6.45) is 0.644. The highest BCUT2D eigenvalue weighted by Crippen LogP contribution is 2.31. The number of nitrogens with zero attached hydrogens (tertiary/aromatic N) is 2. The van der Waals surface area contributed by atoms with Crippen LogP contribution in [0.25, 0.3) is 0 Å². The quantitative estimate of drug-likeness (QED) is 0.460. The van der Waals surface area contributed by atoms with Crippen molar-refractivity contribution in [1.29, 1.82) is 0 Å². The number of fused-ring (bicyclic) bond motifs is 1. The van der Waals surface area contributed by atoms with E-state index in [4.69, 9.17) is 4.74 Å². The van der Waals surface area contributed by atoms with Crippen molar-refractivity contribution in [1.82, 2.24) is 4.90 Å². The first-order valence-corrected chi connectivity index (χ1v) is 6.25. The van der Waals surface area contributed by atoms with E-state index >= 15 is 0 Å². The van der Waals surface area contributed by atoms with E-state index in [2.05, 4.69) is 0 Å². The van der Waals surface area contributed by atoms with Crippen LogP contribution in [0.3, 0.4) is 0 Å². The Kier molecular flexibility index (Phi) is 2.74. The molecule has 0 unspecified atom stereocenters. The zero-order chi connectivity index (χ0) is 13.6. The number of nitro groups is 1. The zero-order valence-corrected chi connectivity index (χ0v) is 10.5. The number of non-ortho nitro benzene ring substituents is 1. The van der Waals surface area contributed by atoms with Gasteiger partial charge >= 0.3 is 5.97 Å². The van der Waals surface area contributed by atoms with E-state index in [1.54, 1.807) is 12.1 Å². The predicted molar refractivity (Wildman–Crippen MR) is 66.3 cm³/mol. The van der Waals surface area contributed by atoms with Crippen LogP contribution in [-0.2, 0) is 22.6 Å². The normalized spacial score (nSPS) is 26.3. The van der Waals surface area contributed by atoms with Crippen LogP contribution in [0.15, 0.2) is 18.2 Å². The number of esters is 1. The van der Waals surface area contributed by atoms with Crippen LogP contribution in [0, 0.1) is 10.1 Å². The predicted octanol–water partition coefficient (Wildman–Crippen LogP) is 1.61. The fourth-order valence-corrected chi connectivity index (χ4v) is 2.77. The van der Waals surface area contributed by atoms with E-state index < -0.39 is 4.92 Å². The third-order valence-corrected chi connectivity index (χ3v) is 3.73. The zero-order valence-electron chi connectivity index (χ0n) is 10.5. The van der Waals surface area contributed by atoms with Crippen molar-refractivity contribution in [3.05, 3.63) is 39.4 Å². The van der Waals surface area contributed by atoms with Crippen LogP contribution in [0.4, 0.5) is 5.69 Å². The number of carbonyl (C=O) groups is 1. The Balaban J connectivity index is 1.81. The maximum Gasteiger partial charge on any atom is 0.323 e. The highest BCUT2D eigenvalue weighted by molar-refractivity contribution is 5.78. The lowest BCUT2D eigenvalue weighted by atomic mass is 10.1. The van der Waals surface area contributed by atoms with Crippen LogP contribution < -0.4 is 0 Å². The number of hydrogen-bond acceptors (Lipinski definition) is 5. The molecule has 0 aromatic heterocycles. The molecule has 6 nitrogen and oxygen atoms in total. The molecule has 0 bridgehead atoms. The highest BCUT2D eigenvalue weighted by Gasteiger charge is 2.38. The third kappa shape index (κ3) is 2.08. The van der Waals surface area contributed by atoms with Crippen molar-refractivity contribution in [3.8, 4) is 0 Å². The Bertz CT molecular complexity index is 558. The maximum atomic E-state index is 11.7. The van der Waals surface area contributed by atoms with Gasteiger partial charge in [0.2, 0.25) is 0 Å².